The van der Waals surface area contributed by atoms with Crippen molar-refractivity contribution in [1.29, 1.82) is 0 Å². The van der Waals surface area contributed by atoms with Crippen molar-refractivity contribution >= 4 is 17.1 Å². The number of hydrogen-bond acceptors (Lipinski definition) is 1. The van der Waals surface area contributed by atoms with Gasteiger partial charge in [-0.3, -0.25) is 4.79 Å². The minimum atomic E-state index is -0.734. The van der Waals surface area contributed by atoms with E-state index in [0.29, 0.717) is 6.42 Å². The normalized spacial score (nSPS) is 15.3. The van der Waals surface area contributed by atoms with Gasteiger partial charge in [-0.05, 0) is 47.1 Å². The summed E-state index contributed by atoms with van der Waals surface area (Å²) in [5, 5.41) is 9.68. The quantitative estimate of drug-likeness (QED) is 0.890. The van der Waals surface area contributed by atoms with Crippen molar-refractivity contribution in [2.24, 2.45) is 5.92 Å². The molecule has 0 amide bonds. The third-order valence-electron chi connectivity index (χ3n) is 4.45. The lowest BCUT2D eigenvalue weighted by Crippen LogP contribution is -2.19. The van der Waals surface area contributed by atoms with Gasteiger partial charge in [0.25, 0.3) is 0 Å². The summed E-state index contributed by atoms with van der Waals surface area (Å²) in [5.74, 6) is -1.18. The monoisotopic (exact) mass is 292 g/mol. The Bertz CT molecular complexity index is 713. The molecule has 22 heavy (non-hydrogen) atoms. The average Bonchev–Trinajstić information content (AvgIpc) is 2.56. The van der Waals surface area contributed by atoms with E-state index in [1.807, 2.05) is 37.3 Å². The molecule has 2 nitrogen and oxygen atoms in total. The van der Waals surface area contributed by atoms with Gasteiger partial charge in [0.05, 0.1) is 5.92 Å². The van der Waals surface area contributed by atoms with E-state index in [1.165, 1.54) is 11.1 Å². The van der Waals surface area contributed by atoms with Gasteiger partial charge in [-0.25, -0.2) is 0 Å². The number of benzene rings is 2. The maximum Gasteiger partial charge on any atom is 0.310 e. The predicted molar refractivity (Wildman–Crippen MR) is 89.4 cm³/mol. The Kier molecular flexibility index (Phi) is 4.10. The first-order valence-corrected chi connectivity index (χ1v) is 7.82. The van der Waals surface area contributed by atoms with Crippen molar-refractivity contribution < 1.29 is 9.90 Å². The first-order chi connectivity index (χ1) is 10.7. The molecule has 2 aromatic carbocycles. The smallest absolute Gasteiger partial charge is 0.310 e. The Hall–Kier alpha value is -2.35. The highest BCUT2D eigenvalue weighted by atomic mass is 16.4. The van der Waals surface area contributed by atoms with Gasteiger partial charge in [0.15, 0.2) is 0 Å². The third kappa shape index (κ3) is 2.57. The molecule has 1 aliphatic rings. The summed E-state index contributed by atoms with van der Waals surface area (Å²) in [6.07, 6.45) is 2.48. The lowest BCUT2D eigenvalue weighted by molar-refractivity contribution is -0.139. The SMILES string of the molecule is CC[C@@H](C(=O)O)C1=C(c2ccccc2)CCc2ccccc21. The zero-order chi connectivity index (χ0) is 15.5. The van der Waals surface area contributed by atoms with E-state index >= 15 is 0 Å². The summed E-state index contributed by atoms with van der Waals surface area (Å²) >= 11 is 0. The summed E-state index contributed by atoms with van der Waals surface area (Å²) in [5.41, 5.74) is 5.71. The van der Waals surface area contributed by atoms with Crippen LogP contribution in [0.15, 0.2) is 54.6 Å². The number of aryl methyl sites for hydroxylation is 1. The molecule has 0 bridgehead atoms. The summed E-state index contributed by atoms with van der Waals surface area (Å²) in [4.78, 5) is 11.8. The largest absolute Gasteiger partial charge is 0.481 e. The van der Waals surface area contributed by atoms with Crippen molar-refractivity contribution in [2.45, 2.75) is 26.2 Å². The molecule has 0 saturated carbocycles. The van der Waals surface area contributed by atoms with Gasteiger partial charge in [0.2, 0.25) is 0 Å². The van der Waals surface area contributed by atoms with Crippen LogP contribution in [0.2, 0.25) is 0 Å². The first kappa shape index (κ1) is 14.6. The van der Waals surface area contributed by atoms with Crippen LogP contribution in [0.5, 0.6) is 0 Å². The molecule has 0 radical (unpaired) electrons. The van der Waals surface area contributed by atoms with Crippen molar-refractivity contribution in [3.8, 4) is 0 Å². The molecule has 2 aromatic rings. The van der Waals surface area contributed by atoms with Crippen molar-refractivity contribution in [3.05, 3.63) is 71.3 Å². The number of carbonyl (C=O) groups is 1. The molecule has 0 saturated heterocycles. The Morgan fingerprint density at radius 2 is 1.73 bits per heavy atom. The number of carboxylic acid groups (broad SMARTS) is 1. The average molecular weight is 292 g/mol. The number of aliphatic carboxylic acids is 1. The van der Waals surface area contributed by atoms with E-state index in [4.69, 9.17) is 0 Å². The van der Waals surface area contributed by atoms with Gasteiger partial charge >= 0.3 is 5.97 Å². The fraction of sp³-hybridized carbons (Fsp3) is 0.250. The molecule has 2 heteroatoms. The first-order valence-electron chi connectivity index (χ1n) is 7.82. The Labute approximate surface area is 131 Å². The molecule has 0 spiro atoms. The molecular weight excluding hydrogens is 272 g/mol. The minimum absolute atomic E-state index is 0.448. The zero-order valence-electron chi connectivity index (χ0n) is 12.8. The summed E-state index contributed by atoms with van der Waals surface area (Å²) in [6, 6.07) is 18.4. The molecule has 0 fully saturated rings. The van der Waals surface area contributed by atoms with Gasteiger partial charge in [-0.2, -0.15) is 0 Å². The fourth-order valence-electron chi connectivity index (χ4n) is 3.40. The standard InChI is InChI=1S/C20H20O2/c1-2-16(20(21)22)19-17-11-7-6-10-15(17)12-13-18(19)14-8-4-3-5-9-14/h3-11,16H,2,12-13H2,1H3,(H,21,22)/t16-/m1/s1. The predicted octanol–water partition coefficient (Wildman–Crippen LogP) is 4.65. The van der Waals surface area contributed by atoms with Gasteiger partial charge in [-0.15, -0.1) is 0 Å². The number of rotatable bonds is 4. The lowest BCUT2D eigenvalue weighted by Gasteiger charge is -2.27. The molecule has 3 rings (SSSR count). The van der Waals surface area contributed by atoms with E-state index in [2.05, 4.69) is 24.3 Å². The lowest BCUT2D eigenvalue weighted by atomic mass is 9.76. The van der Waals surface area contributed by atoms with Crippen molar-refractivity contribution in [2.75, 3.05) is 0 Å². The fourth-order valence-corrected chi connectivity index (χ4v) is 3.40. The second kappa shape index (κ2) is 6.18. The summed E-state index contributed by atoms with van der Waals surface area (Å²) in [6.45, 7) is 1.95. The van der Waals surface area contributed by atoms with Crippen molar-refractivity contribution in [3.63, 3.8) is 0 Å². The van der Waals surface area contributed by atoms with E-state index in [0.717, 1.165) is 29.5 Å². The Morgan fingerprint density at radius 3 is 2.41 bits per heavy atom. The molecule has 1 atom stereocenters. The highest BCUT2D eigenvalue weighted by Crippen LogP contribution is 2.41. The van der Waals surface area contributed by atoms with E-state index in [-0.39, 0.29) is 0 Å². The van der Waals surface area contributed by atoms with Gasteiger partial charge in [0, 0.05) is 0 Å². The second-order valence-corrected chi connectivity index (χ2v) is 5.71. The van der Waals surface area contributed by atoms with Crippen LogP contribution in [0.3, 0.4) is 0 Å². The van der Waals surface area contributed by atoms with Crippen LogP contribution in [0.1, 0.15) is 36.5 Å². The highest BCUT2D eigenvalue weighted by molar-refractivity contribution is 6.01. The van der Waals surface area contributed by atoms with Crippen LogP contribution < -0.4 is 0 Å². The summed E-state index contributed by atoms with van der Waals surface area (Å²) in [7, 11) is 0. The minimum Gasteiger partial charge on any atom is -0.481 e. The molecule has 1 aliphatic carbocycles. The van der Waals surface area contributed by atoms with Gasteiger partial charge in [0.1, 0.15) is 0 Å². The Morgan fingerprint density at radius 1 is 1.05 bits per heavy atom. The molecular formula is C20H20O2. The summed E-state index contributed by atoms with van der Waals surface area (Å²) < 4.78 is 0. The van der Waals surface area contributed by atoms with E-state index in [1.54, 1.807) is 0 Å². The van der Waals surface area contributed by atoms with Crippen LogP contribution in [-0.2, 0) is 11.2 Å². The second-order valence-electron chi connectivity index (χ2n) is 5.71. The topological polar surface area (TPSA) is 37.3 Å². The maximum absolute atomic E-state index is 11.8. The van der Waals surface area contributed by atoms with E-state index in [9.17, 15) is 9.90 Å². The highest BCUT2D eigenvalue weighted by Gasteiger charge is 2.29. The molecule has 0 aromatic heterocycles. The van der Waals surface area contributed by atoms with Crippen LogP contribution in [0, 0.1) is 5.92 Å². The number of hydrogen-bond donors (Lipinski definition) is 1. The van der Waals surface area contributed by atoms with Gasteiger partial charge < -0.3 is 5.11 Å². The van der Waals surface area contributed by atoms with Crippen molar-refractivity contribution in [1.82, 2.24) is 0 Å². The Balaban J connectivity index is 2.24. The van der Waals surface area contributed by atoms with E-state index < -0.39 is 11.9 Å². The number of carboxylic acids is 1. The molecule has 1 N–H and O–H groups in total. The molecule has 112 valence electrons. The van der Waals surface area contributed by atoms with Gasteiger partial charge in [-0.1, -0.05) is 61.5 Å². The van der Waals surface area contributed by atoms with Crippen LogP contribution in [0.4, 0.5) is 0 Å². The molecule has 0 unspecified atom stereocenters. The zero-order valence-corrected chi connectivity index (χ0v) is 12.8. The molecule has 0 heterocycles. The maximum atomic E-state index is 11.8. The van der Waals surface area contributed by atoms with Crippen LogP contribution in [-0.4, -0.2) is 11.1 Å². The third-order valence-corrected chi connectivity index (χ3v) is 4.45. The molecule has 0 aliphatic heterocycles. The van der Waals surface area contributed by atoms with Crippen LogP contribution >= 0.6 is 0 Å². The number of allylic oxidation sites excluding steroid dienone is 1. The van der Waals surface area contributed by atoms with Crippen LogP contribution in [0.25, 0.3) is 11.1 Å². The number of fused-ring (bicyclic) bond motifs is 1.